The molecule has 0 radical (unpaired) electrons. The summed E-state index contributed by atoms with van der Waals surface area (Å²) in [7, 11) is 0. The van der Waals surface area contributed by atoms with Crippen molar-refractivity contribution in [1.82, 2.24) is 0 Å². The Morgan fingerprint density at radius 2 is 1.65 bits per heavy atom. The summed E-state index contributed by atoms with van der Waals surface area (Å²) in [5, 5.41) is 8.68. The molecule has 1 atom stereocenters. The highest BCUT2D eigenvalue weighted by molar-refractivity contribution is 5.66. The second-order valence-electron chi connectivity index (χ2n) is 7.39. The predicted octanol–water partition coefficient (Wildman–Crippen LogP) is 6.99. The Balaban J connectivity index is 3.89. The van der Waals surface area contributed by atoms with Crippen molar-refractivity contribution in [3.05, 3.63) is 12.2 Å². The molecule has 0 saturated carbocycles. The number of hydrogen-bond donors (Lipinski definition) is 1. The summed E-state index contributed by atoms with van der Waals surface area (Å²) in [6, 6.07) is 0. The van der Waals surface area contributed by atoms with Gasteiger partial charge in [0.2, 0.25) is 0 Å². The maximum atomic E-state index is 10.5. The monoisotopic (exact) mass is 324 g/mol. The van der Waals surface area contributed by atoms with Crippen LogP contribution in [0.1, 0.15) is 104 Å². The minimum Gasteiger partial charge on any atom is -0.481 e. The largest absolute Gasteiger partial charge is 0.481 e. The number of carboxylic acids is 1. The number of rotatable bonds is 16. The Morgan fingerprint density at radius 1 is 0.913 bits per heavy atom. The van der Waals surface area contributed by atoms with E-state index in [-0.39, 0.29) is 0 Å². The van der Waals surface area contributed by atoms with Crippen LogP contribution in [-0.2, 0) is 4.79 Å². The molecule has 0 heterocycles. The van der Waals surface area contributed by atoms with Gasteiger partial charge in [-0.3, -0.25) is 4.79 Å². The van der Waals surface area contributed by atoms with Crippen LogP contribution in [0.3, 0.4) is 0 Å². The molecule has 2 heteroatoms. The van der Waals surface area contributed by atoms with Gasteiger partial charge in [0, 0.05) is 6.42 Å². The summed E-state index contributed by atoms with van der Waals surface area (Å²) in [6.45, 7) is 6.85. The number of allylic oxidation sites excluding steroid dienone is 2. The number of hydrogen-bond acceptors (Lipinski definition) is 1. The molecular weight excluding hydrogens is 284 g/mol. The lowest BCUT2D eigenvalue weighted by Crippen LogP contribution is -2.02. The van der Waals surface area contributed by atoms with E-state index in [1.165, 1.54) is 64.2 Å². The van der Waals surface area contributed by atoms with Crippen LogP contribution in [0.25, 0.3) is 0 Å². The van der Waals surface area contributed by atoms with E-state index in [0.717, 1.165) is 24.7 Å². The van der Waals surface area contributed by atoms with Gasteiger partial charge >= 0.3 is 5.97 Å². The zero-order chi connectivity index (χ0) is 17.3. The van der Waals surface area contributed by atoms with E-state index in [1.807, 2.05) is 0 Å². The Bertz CT molecular complexity index is 294. The normalized spacial score (nSPS) is 13.0. The molecule has 0 saturated heterocycles. The fourth-order valence-electron chi connectivity index (χ4n) is 2.93. The molecule has 0 rings (SSSR count). The summed E-state index contributed by atoms with van der Waals surface area (Å²) in [4.78, 5) is 10.5. The van der Waals surface area contributed by atoms with Crippen LogP contribution < -0.4 is 0 Å². The van der Waals surface area contributed by atoms with Gasteiger partial charge in [0.05, 0.1) is 0 Å². The molecule has 0 amide bonds. The third kappa shape index (κ3) is 17.4. The maximum absolute atomic E-state index is 10.5. The SMILES string of the molecule is CCCCCC/C=C\C[C@H](CCCCCC(=O)O)CCC(C)C. The van der Waals surface area contributed by atoms with Crippen molar-refractivity contribution < 1.29 is 9.90 Å². The first-order valence-corrected chi connectivity index (χ1v) is 9.93. The van der Waals surface area contributed by atoms with Crippen molar-refractivity contribution >= 4 is 5.97 Å². The smallest absolute Gasteiger partial charge is 0.303 e. The number of aliphatic carboxylic acids is 1. The van der Waals surface area contributed by atoms with E-state index < -0.39 is 5.97 Å². The van der Waals surface area contributed by atoms with E-state index in [1.54, 1.807) is 0 Å². The third-order valence-corrected chi connectivity index (χ3v) is 4.52. The summed E-state index contributed by atoms with van der Waals surface area (Å²) in [5.74, 6) is 0.906. The van der Waals surface area contributed by atoms with Gasteiger partial charge in [0.25, 0.3) is 0 Å². The highest BCUT2D eigenvalue weighted by Crippen LogP contribution is 2.22. The van der Waals surface area contributed by atoms with Crippen molar-refractivity contribution in [1.29, 1.82) is 0 Å². The highest BCUT2D eigenvalue weighted by Gasteiger charge is 2.08. The molecule has 0 bridgehead atoms. The quantitative estimate of drug-likeness (QED) is 0.245. The number of carboxylic acid groups (broad SMARTS) is 1. The predicted molar refractivity (Wildman–Crippen MR) is 101 cm³/mol. The Kier molecular flexibility index (Phi) is 15.5. The van der Waals surface area contributed by atoms with Gasteiger partial charge in [-0.15, -0.1) is 0 Å². The lowest BCUT2D eigenvalue weighted by atomic mass is 9.90. The summed E-state index contributed by atoms with van der Waals surface area (Å²) in [6.07, 6.45) is 19.9. The molecule has 0 aromatic rings. The van der Waals surface area contributed by atoms with Gasteiger partial charge < -0.3 is 5.11 Å². The van der Waals surface area contributed by atoms with Gasteiger partial charge in [0.1, 0.15) is 0 Å². The van der Waals surface area contributed by atoms with E-state index in [2.05, 4.69) is 32.9 Å². The van der Waals surface area contributed by atoms with Crippen molar-refractivity contribution in [3.8, 4) is 0 Å². The van der Waals surface area contributed by atoms with Gasteiger partial charge in [-0.2, -0.15) is 0 Å². The van der Waals surface area contributed by atoms with Crippen molar-refractivity contribution in [2.75, 3.05) is 0 Å². The minimum absolute atomic E-state index is 0.328. The van der Waals surface area contributed by atoms with Crippen LogP contribution in [0, 0.1) is 11.8 Å². The van der Waals surface area contributed by atoms with Crippen LogP contribution in [0.2, 0.25) is 0 Å². The van der Waals surface area contributed by atoms with Gasteiger partial charge in [-0.05, 0) is 43.9 Å². The lowest BCUT2D eigenvalue weighted by molar-refractivity contribution is -0.137. The Morgan fingerprint density at radius 3 is 2.30 bits per heavy atom. The van der Waals surface area contributed by atoms with Gasteiger partial charge in [-0.1, -0.05) is 77.9 Å². The van der Waals surface area contributed by atoms with Crippen molar-refractivity contribution in [3.63, 3.8) is 0 Å². The minimum atomic E-state index is -0.660. The second kappa shape index (κ2) is 16.1. The van der Waals surface area contributed by atoms with Crippen molar-refractivity contribution in [2.24, 2.45) is 11.8 Å². The van der Waals surface area contributed by atoms with Crippen LogP contribution in [0.4, 0.5) is 0 Å². The van der Waals surface area contributed by atoms with Crippen LogP contribution in [-0.4, -0.2) is 11.1 Å². The van der Waals surface area contributed by atoms with Gasteiger partial charge in [0.15, 0.2) is 0 Å². The van der Waals surface area contributed by atoms with E-state index in [9.17, 15) is 4.79 Å². The maximum Gasteiger partial charge on any atom is 0.303 e. The first-order chi connectivity index (χ1) is 11.1. The number of unbranched alkanes of at least 4 members (excludes halogenated alkanes) is 6. The molecule has 0 spiro atoms. The molecule has 2 nitrogen and oxygen atoms in total. The first kappa shape index (κ1) is 22.2. The Hall–Kier alpha value is -0.790. The second-order valence-corrected chi connectivity index (χ2v) is 7.39. The third-order valence-electron chi connectivity index (χ3n) is 4.52. The molecule has 0 aliphatic rings. The lowest BCUT2D eigenvalue weighted by Gasteiger charge is -2.16. The fraction of sp³-hybridized carbons (Fsp3) is 0.857. The molecular formula is C21H40O2. The van der Waals surface area contributed by atoms with Crippen LogP contribution in [0.15, 0.2) is 12.2 Å². The van der Waals surface area contributed by atoms with Crippen molar-refractivity contribution in [2.45, 2.75) is 104 Å². The zero-order valence-corrected chi connectivity index (χ0v) is 15.9. The topological polar surface area (TPSA) is 37.3 Å². The summed E-state index contributed by atoms with van der Waals surface area (Å²) in [5.41, 5.74) is 0. The first-order valence-electron chi connectivity index (χ1n) is 9.93. The molecule has 23 heavy (non-hydrogen) atoms. The molecule has 1 N–H and O–H groups in total. The molecule has 0 aromatic carbocycles. The Labute approximate surface area is 144 Å². The molecule has 0 fully saturated rings. The summed E-state index contributed by atoms with van der Waals surface area (Å²) >= 11 is 0. The van der Waals surface area contributed by atoms with E-state index in [4.69, 9.17) is 5.11 Å². The summed E-state index contributed by atoms with van der Waals surface area (Å²) < 4.78 is 0. The molecule has 0 aliphatic carbocycles. The van der Waals surface area contributed by atoms with Crippen LogP contribution in [0.5, 0.6) is 0 Å². The molecule has 0 unspecified atom stereocenters. The fourth-order valence-corrected chi connectivity index (χ4v) is 2.93. The zero-order valence-electron chi connectivity index (χ0n) is 15.9. The molecule has 0 aromatic heterocycles. The van der Waals surface area contributed by atoms with E-state index in [0.29, 0.717) is 6.42 Å². The standard InChI is InChI=1S/C21H40O2/c1-4-5-6-7-8-9-11-14-20(18-17-19(2)3)15-12-10-13-16-21(22)23/h9,11,19-20H,4-8,10,12-18H2,1-3H3,(H,22,23)/b11-9-/t20-/m1/s1. The molecule has 136 valence electrons. The average molecular weight is 325 g/mol. The van der Waals surface area contributed by atoms with Crippen LogP contribution >= 0.6 is 0 Å². The van der Waals surface area contributed by atoms with Gasteiger partial charge in [-0.25, -0.2) is 0 Å². The molecule has 0 aliphatic heterocycles. The highest BCUT2D eigenvalue weighted by atomic mass is 16.4. The average Bonchev–Trinajstić information content (AvgIpc) is 2.50. The number of carbonyl (C=O) groups is 1. The van der Waals surface area contributed by atoms with E-state index >= 15 is 0 Å².